The molecule has 0 saturated carbocycles. The van der Waals surface area contributed by atoms with Gasteiger partial charge in [0.15, 0.2) is 0 Å². The van der Waals surface area contributed by atoms with Gasteiger partial charge in [-0.15, -0.1) is 11.3 Å². The second-order valence-electron chi connectivity index (χ2n) is 4.01. The van der Waals surface area contributed by atoms with Gasteiger partial charge in [0.05, 0.1) is 10.7 Å². The number of thiazole rings is 1. The first-order valence-electron chi connectivity index (χ1n) is 5.52. The molecule has 0 spiro atoms. The predicted octanol–water partition coefficient (Wildman–Crippen LogP) is 3.91. The molecule has 0 saturated heterocycles. The Morgan fingerprint density at radius 1 is 1.44 bits per heavy atom. The van der Waals surface area contributed by atoms with Crippen molar-refractivity contribution in [3.63, 3.8) is 0 Å². The van der Waals surface area contributed by atoms with E-state index in [-0.39, 0.29) is 0 Å². The third kappa shape index (κ3) is 2.25. The van der Waals surface area contributed by atoms with E-state index in [2.05, 4.69) is 24.2 Å². The molecule has 0 aliphatic rings. The van der Waals surface area contributed by atoms with Gasteiger partial charge in [-0.25, -0.2) is 4.98 Å². The van der Waals surface area contributed by atoms with Crippen molar-refractivity contribution in [1.29, 1.82) is 0 Å². The van der Waals surface area contributed by atoms with E-state index in [1.807, 2.05) is 24.3 Å². The summed E-state index contributed by atoms with van der Waals surface area (Å²) in [5.41, 5.74) is 8.69. The number of aromatic nitrogens is 1. The highest BCUT2D eigenvalue weighted by Crippen LogP contribution is 2.28. The molecule has 0 aliphatic heterocycles. The summed E-state index contributed by atoms with van der Waals surface area (Å²) in [6.07, 6.45) is 1.13. The Hall–Kier alpha value is -1.35. The minimum Gasteiger partial charge on any atom is -0.399 e. The maximum absolute atomic E-state index is 5.76. The number of nitrogens with two attached hydrogens (primary N) is 1. The van der Waals surface area contributed by atoms with Gasteiger partial charge >= 0.3 is 0 Å². The summed E-state index contributed by atoms with van der Waals surface area (Å²) >= 11 is 1.73. The molecule has 1 aromatic heterocycles. The lowest BCUT2D eigenvalue weighted by Gasteiger charge is -2.02. The number of hydrogen-bond acceptors (Lipinski definition) is 3. The van der Waals surface area contributed by atoms with Crippen LogP contribution in [0.25, 0.3) is 11.3 Å². The van der Waals surface area contributed by atoms with E-state index in [1.165, 1.54) is 5.01 Å². The first-order chi connectivity index (χ1) is 7.70. The molecule has 1 unspecified atom stereocenters. The lowest BCUT2D eigenvalue weighted by atomic mass is 10.1. The van der Waals surface area contributed by atoms with Gasteiger partial charge in [0, 0.05) is 22.5 Å². The van der Waals surface area contributed by atoms with Crippen LogP contribution in [0.15, 0.2) is 29.6 Å². The van der Waals surface area contributed by atoms with Gasteiger partial charge in [-0.2, -0.15) is 0 Å². The van der Waals surface area contributed by atoms with E-state index >= 15 is 0 Å². The van der Waals surface area contributed by atoms with Crippen molar-refractivity contribution in [1.82, 2.24) is 4.98 Å². The molecule has 2 aromatic rings. The minimum absolute atomic E-state index is 0.541. The number of nitrogens with zero attached hydrogens (tertiary/aromatic N) is 1. The molecule has 1 aromatic carbocycles. The van der Waals surface area contributed by atoms with Gasteiger partial charge in [0.25, 0.3) is 0 Å². The molecule has 84 valence electrons. The van der Waals surface area contributed by atoms with Crippen molar-refractivity contribution in [2.24, 2.45) is 0 Å². The minimum atomic E-state index is 0.541. The summed E-state index contributed by atoms with van der Waals surface area (Å²) in [5.74, 6) is 0.541. The maximum atomic E-state index is 5.76. The van der Waals surface area contributed by atoms with E-state index in [4.69, 9.17) is 5.73 Å². The lowest BCUT2D eigenvalue weighted by Crippen LogP contribution is -1.90. The van der Waals surface area contributed by atoms with Gasteiger partial charge in [-0.3, -0.25) is 0 Å². The highest BCUT2D eigenvalue weighted by Gasteiger charge is 2.09. The fraction of sp³-hybridized carbons (Fsp3) is 0.308. The van der Waals surface area contributed by atoms with E-state index < -0.39 is 0 Å². The topological polar surface area (TPSA) is 38.9 Å². The molecule has 0 radical (unpaired) electrons. The molecular formula is C13H16N2S. The normalized spacial score (nSPS) is 12.6. The Balaban J connectivity index is 2.31. The molecule has 3 heteroatoms. The number of nitrogen functional groups attached to an aromatic ring is 1. The van der Waals surface area contributed by atoms with Gasteiger partial charge < -0.3 is 5.73 Å². The van der Waals surface area contributed by atoms with E-state index in [1.54, 1.807) is 11.3 Å². The quantitative estimate of drug-likeness (QED) is 0.815. The molecule has 16 heavy (non-hydrogen) atoms. The molecule has 0 fully saturated rings. The standard InChI is InChI=1S/C13H16N2S/c1-3-9(2)13-15-12(8-16-13)10-5-4-6-11(14)7-10/h4-9H,3,14H2,1-2H3. The summed E-state index contributed by atoms with van der Waals surface area (Å²) in [6.45, 7) is 4.40. The van der Waals surface area contributed by atoms with Crippen molar-refractivity contribution in [2.75, 3.05) is 5.73 Å². The summed E-state index contributed by atoms with van der Waals surface area (Å²) in [7, 11) is 0. The first kappa shape index (κ1) is 11.1. The average molecular weight is 232 g/mol. The van der Waals surface area contributed by atoms with Crippen LogP contribution in [0.1, 0.15) is 31.2 Å². The average Bonchev–Trinajstić information content (AvgIpc) is 2.77. The van der Waals surface area contributed by atoms with Crippen LogP contribution >= 0.6 is 11.3 Å². The monoisotopic (exact) mass is 232 g/mol. The zero-order chi connectivity index (χ0) is 11.5. The summed E-state index contributed by atoms with van der Waals surface area (Å²) < 4.78 is 0. The van der Waals surface area contributed by atoms with Crippen molar-refractivity contribution in [2.45, 2.75) is 26.2 Å². The molecule has 2 N–H and O–H groups in total. The Labute approximate surface area is 100 Å². The third-order valence-corrected chi connectivity index (χ3v) is 3.81. The lowest BCUT2D eigenvalue weighted by molar-refractivity contribution is 0.727. The van der Waals surface area contributed by atoms with Crippen LogP contribution in [0.3, 0.4) is 0 Å². The van der Waals surface area contributed by atoms with Crippen LogP contribution in [-0.2, 0) is 0 Å². The number of rotatable bonds is 3. The van der Waals surface area contributed by atoms with E-state index in [0.717, 1.165) is 23.4 Å². The van der Waals surface area contributed by atoms with Crippen LogP contribution in [0.4, 0.5) is 5.69 Å². The first-order valence-corrected chi connectivity index (χ1v) is 6.40. The van der Waals surface area contributed by atoms with E-state index in [0.29, 0.717) is 5.92 Å². The fourth-order valence-corrected chi connectivity index (χ4v) is 2.49. The zero-order valence-electron chi connectivity index (χ0n) is 9.60. The van der Waals surface area contributed by atoms with Crippen molar-refractivity contribution >= 4 is 17.0 Å². The zero-order valence-corrected chi connectivity index (χ0v) is 10.4. The van der Waals surface area contributed by atoms with Crippen molar-refractivity contribution in [3.05, 3.63) is 34.7 Å². The van der Waals surface area contributed by atoms with Gasteiger partial charge in [0.2, 0.25) is 0 Å². The highest BCUT2D eigenvalue weighted by molar-refractivity contribution is 7.10. The van der Waals surface area contributed by atoms with E-state index in [9.17, 15) is 0 Å². The van der Waals surface area contributed by atoms with Crippen LogP contribution in [0.2, 0.25) is 0 Å². The van der Waals surface area contributed by atoms with Crippen LogP contribution in [-0.4, -0.2) is 4.98 Å². The molecule has 2 rings (SSSR count). The Morgan fingerprint density at radius 3 is 2.94 bits per heavy atom. The van der Waals surface area contributed by atoms with Gasteiger partial charge in [-0.05, 0) is 18.6 Å². The highest BCUT2D eigenvalue weighted by atomic mass is 32.1. The second kappa shape index (κ2) is 4.66. The van der Waals surface area contributed by atoms with Crippen LogP contribution in [0.5, 0.6) is 0 Å². The number of benzene rings is 1. The van der Waals surface area contributed by atoms with Crippen LogP contribution < -0.4 is 5.73 Å². The SMILES string of the molecule is CCC(C)c1nc(-c2cccc(N)c2)cs1. The largest absolute Gasteiger partial charge is 0.399 e. The molecule has 0 aliphatic carbocycles. The Morgan fingerprint density at radius 2 is 2.25 bits per heavy atom. The molecular weight excluding hydrogens is 216 g/mol. The number of hydrogen-bond donors (Lipinski definition) is 1. The Bertz CT molecular complexity index is 476. The molecule has 0 bridgehead atoms. The molecule has 2 nitrogen and oxygen atoms in total. The Kier molecular flexibility index (Phi) is 3.25. The van der Waals surface area contributed by atoms with Crippen molar-refractivity contribution < 1.29 is 0 Å². The predicted molar refractivity (Wildman–Crippen MR) is 70.7 cm³/mol. The summed E-state index contributed by atoms with van der Waals surface area (Å²) in [4.78, 5) is 4.66. The van der Waals surface area contributed by atoms with Gasteiger partial charge in [0.1, 0.15) is 0 Å². The van der Waals surface area contributed by atoms with Crippen molar-refractivity contribution in [3.8, 4) is 11.3 Å². The molecule has 0 amide bonds. The molecule has 1 heterocycles. The van der Waals surface area contributed by atoms with Crippen LogP contribution in [0, 0.1) is 0 Å². The summed E-state index contributed by atoms with van der Waals surface area (Å²) in [5, 5.41) is 3.32. The summed E-state index contributed by atoms with van der Waals surface area (Å²) in [6, 6.07) is 7.87. The number of anilines is 1. The fourth-order valence-electron chi connectivity index (χ4n) is 1.52. The van der Waals surface area contributed by atoms with Gasteiger partial charge in [-0.1, -0.05) is 26.0 Å². The maximum Gasteiger partial charge on any atom is 0.0960 e. The smallest absolute Gasteiger partial charge is 0.0960 e. The second-order valence-corrected chi connectivity index (χ2v) is 4.90. The molecule has 1 atom stereocenters. The third-order valence-electron chi connectivity index (χ3n) is 2.74.